The molecule has 70 valence electrons. The summed E-state index contributed by atoms with van der Waals surface area (Å²) >= 11 is 3.83. The largest absolute Gasteiger partial charge is 0.484 e. The molecular weight excluding hydrogens is 190 g/mol. The topological polar surface area (TPSA) is 33.1 Å². The minimum absolute atomic E-state index is 0.291. The molecule has 0 spiro atoms. The lowest BCUT2D eigenvalue weighted by molar-refractivity contribution is 0.386. The molecule has 0 aromatic carbocycles. The van der Waals surface area contributed by atoms with Gasteiger partial charge < -0.3 is 4.74 Å². The van der Waals surface area contributed by atoms with Gasteiger partial charge >= 0.3 is 0 Å². The van der Waals surface area contributed by atoms with E-state index in [0.717, 1.165) is 12.2 Å². The molecule has 0 bridgehead atoms. The van der Waals surface area contributed by atoms with Crippen LogP contribution in [0, 0.1) is 5.41 Å². The van der Waals surface area contributed by atoms with Crippen molar-refractivity contribution in [2.24, 2.45) is 0 Å². The van der Waals surface area contributed by atoms with E-state index in [2.05, 4.69) is 6.92 Å². The van der Waals surface area contributed by atoms with Crippen molar-refractivity contribution in [2.75, 3.05) is 18.6 Å². The number of hydrogen-bond donors (Lipinski definition) is 1. The third-order valence-corrected chi connectivity index (χ3v) is 5.18. The molecule has 4 heteroatoms. The molecule has 1 rings (SSSR count). The quantitative estimate of drug-likeness (QED) is 0.554. The van der Waals surface area contributed by atoms with Crippen molar-refractivity contribution in [3.8, 4) is 0 Å². The van der Waals surface area contributed by atoms with E-state index in [-0.39, 0.29) is 0 Å². The summed E-state index contributed by atoms with van der Waals surface area (Å²) in [6, 6.07) is 0. The first kappa shape index (κ1) is 10.3. The second-order valence-corrected chi connectivity index (χ2v) is 5.27. The Morgan fingerprint density at radius 1 is 1.50 bits per heavy atom. The molecule has 0 saturated carbocycles. The Balaban J connectivity index is 2.52. The molecule has 1 saturated heterocycles. The van der Waals surface area contributed by atoms with Crippen molar-refractivity contribution in [2.45, 2.75) is 23.8 Å². The predicted octanol–water partition coefficient (Wildman–Crippen LogP) is 2.24. The van der Waals surface area contributed by atoms with Crippen LogP contribution in [0.15, 0.2) is 0 Å². The van der Waals surface area contributed by atoms with Crippen molar-refractivity contribution < 1.29 is 4.74 Å². The molecule has 0 aliphatic carbocycles. The Morgan fingerprint density at radius 3 is 2.75 bits per heavy atom. The van der Waals surface area contributed by atoms with Crippen LogP contribution in [0.1, 0.15) is 13.3 Å². The van der Waals surface area contributed by atoms with Gasteiger partial charge in [0.1, 0.15) is 0 Å². The fourth-order valence-electron chi connectivity index (χ4n) is 1.26. The standard InChI is InChI=1S/C8H15NOS2/c1-3-6-7(8(9)10-2)12-5-4-11-6/h6-7,9H,3-5H2,1-2H3. The average molecular weight is 205 g/mol. The second kappa shape index (κ2) is 5.02. The molecule has 2 unspecified atom stereocenters. The van der Waals surface area contributed by atoms with E-state index in [1.807, 2.05) is 23.5 Å². The zero-order valence-electron chi connectivity index (χ0n) is 7.50. The molecule has 1 fully saturated rings. The maximum Gasteiger partial charge on any atom is 0.194 e. The highest BCUT2D eigenvalue weighted by molar-refractivity contribution is 8.07. The van der Waals surface area contributed by atoms with Gasteiger partial charge in [-0.05, 0) is 6.42 Å². The van der Waals surface area contributed by atoms with Crippen LogP contribution in [-0.4, -0.2) is 35.0 Å². The molecule has 0 amide bonds. The van der Waals surface area contributed by atoms with E-state index in [0.29, 0.717) is 16.4 Å². The van der Waals surface area contributed by atoms with Crippen LogP contribution in [0.3, 0.4) is 0 Å². The van der Waals surface area contributed by atoms with Gasteiger partial charge in [0.25, 0.3) is 0 Å². The van der Waals surface area contributed by atoms with E-state index in [1.165, 1.54) is 5.75 Å². The Kier molecular flexibility index (Phi) is 4.29. The van der Waals surface area contributed by atoms with Crippen molar-refractivity contribution in [1.82, 2.24) is 0 Å². The molecular formula is C8H15NOS2. The molecule has 12 heavy (non-hydrogen) atoms. The number of hydrogen-bond acceptors (Lipinski definition) is 4. The molecule has 2 nitrogen and oxygen atoms in total. The van der Waals surface area contributed by atoms with E-state index in [1.54, 1.807) is 7.11 Å². The summed E-state index contributed by atoms with van der Waals surface area (Å²) in [5.41, 5.74) is 0. The minimum atomic E-state index is 0.291. The summed E-state index contributed by atoms with van der Waals surface area (Å²) < 4.78 is 4.97. The van der Waals surface area contributed by atoms with E-state index >= 15 is 0 Å². The van der Waals surface area contributed by atoms with Crippen molar-refractivity contribution in [1.29, 1.82) is 5.41 Å². The van der Waals surface area contributed by atoms with Crippen LogP contribution < -0.4 is 0 Å². The predicted molar refractivity (Wildman–Crippen MR) is 57.5 cm³/mol. The first-order chi connectivity index (χ1) is 5.79. The lowest BCUT2D eigenvalue weighted by Crippen LogP contribution is -2.33. The van der Waals surface area contributed by atoms with Crippen LogP contribution in [0.25, 0.3) is 0 Å². The van der Waals surface area contributed by atoms with Crippen molar-refractivity contribution in [3.05, 3.63) is 0 Å². The molecule has 0 aromatic heterocycles. The first-order valence-corrected chi connectivity index (χ1v) is 6.25. The van der Waals surface area contributed by atoms with Crippen LogP contribution in [0.5, 0.6) is 0 Å². The van der Waals surface area contributed by atoms with Gasteiger partial charge in [0.15, 0.2) is 5.90 Å². The highest BCUT2D eigenvalue weighted by Gasteiger charge is 2.29. The van der Waals surface area contributed by atoms with Gasteiger partial charge in [-0.15, -0.1) is 11.8 Å². The van der Waals surface area contributed by atoms with Crippen LogP contribution in [-0.2, 0) is 4.74 Å². The number of methoxy groups -OCH3 is 1. The third kappa shape index (κ3) is 2.33. The van der Waals surface area contributed by atoms with Crippen LogP contribution >= 0.6 is 23.5 Å². The van der Waals surface area contributed by atoms with Crippen LogP contribution in [0.4, 0.5) is 0 Å². The molecule has 0 aromatic rings. The summed E-state index contributed by atoms with van der Waals surface area (Å²) in [5.74, 6) is 2.81. The minimum Gasteiger partial charge on any atom is -0.484 e. The van der Waals surface area contributed by atoms with Crippen molar-refractivity contribution >= 4 is 29.4 Å². The van der Waals surface area contributed by atoms with Gasteiger partial charge in [0.2, 0.25) is 0 Å². The zero-order valence-corrected chi connectivity index (χ0v) is 9.13. The van der Waals surface area contributed by atoms with Crippen molar-refractivity contribution in [3.63, 3.8) is 0 Å². The molecule has 1 aliphatic rings. The highest BCUT2D eigenvalue weighted by Crippen LogP contribution is 2.33. The van der Waals surface area contributed by atoms with Gasteiger partial charge in [-0.1, -0.05) is 6.92 Å². The Hall–Kier alpha value is 0.170. The van der Waals surface area contributed by atoms with Crippen LogP contribution in [0.2, 0.25) is 0 Å². The van der Waals surface area contributed by atoms with Gasteiger partial charge in [0.05, 0.1) is 12.4 Å². The Labute approximate surface area is 82.3 Å². The van der Waals surface area contributed by atoms with E-state index in [9.17, 15) is 0 Å². The first-order valence-electron chi connectivity index (χ1n) is 4.15. The van der Waals surface area contributed by atoms with Gasteiger partial charge in [-0.25, -0.2) is 0 Å². The molecule has 0 radical (unpaired) electrons. The number of nitrogens with one attached hydrogen (secondary N) is 1. The molecule has 1 heterocycles. The molecule has 1 N–H and O–H groups in total. The fraction of sp³-hybridized carbons (Fsp3) is 0.875. The summed E-state index contributed by atoms with van der Waals surface area (Å²) in [6.45, 7) is 2.18. The zero-order chi connectivity index (χ0) is 8.97. The summed E-state index contributed by atoms with van der Waals surface area (Å²) in [4.78, 5) is 0. The maximum absolute atomic E-state index is 7.61. The maximum atomic E-state index is 7.61. The lowest BCUT2D eigenvalue weighted by atomic mass is 10.2. The molecule has 2 atom stereocenters. The van der Waals surface area contributed by atoms with Gasteiger partial charge in [-0.3, -0.25) is 5.41 Å². The Morgan fingerprint density at radius 2 is 2.17 bits per heavy atom. The number of rotatable bonds is 2. The third-order valence-electron chi connectivity index (χ3n) is 1.93. The fourth-order valence-corrected chi connectivity index (χ4v) is 4.25. The lowest BCUT2D eigenvalue weighted by Gasteiger charge is -2.29. The van der Waals surface area contributed by atoms with E-state index < -0.39 is 0 Å². The normalized spacial score (nSPS) is 29.8. The summed E-state index contributed by atoms with van der Waals surface area (Å²) in [5, 5.41) is 8.48. The Bertz CT molecular complexity index is 163. The average Bonchev–Trinajstić information content (AvgIpc) is 2.16. The van der Waals surface area contributed by atoms with E-state index in [4.69, 9.17) is 10.1 Å². The van der Waals surface area contributed by atoms with Gasteiger partial charge in [-0.2, -0.15) is 11.8 Å². The summed E-state index contributed by atoms with van der Waals surface area (Å²) in [6.07, 6.45) is 1.13. The molecule has 1 aliphatic heterocycles. The van der Waals surface area contributed by atoms with Gasteiger partial charge in [0, 0.05) is 16.8 Å². The SMILES string of the molecule is CCC1SCCSC1C(=N)OC. The highest BCUT2D eigenvalue weighted by atomic mass is 32.2. The monoisotopic (exact) mass is 205 g/mol. The smallest absolute Gasteiger partial charge is 0.194 e. The summed E-state index contributed by atoms with van der Waals surface area (Å²) in [7, 11) is 1.59. The second-order valence-electron chi connectivity index (χ2n) is 2.68. The number of thioether (sulfide) groups is 2. The number of ether oxygens (including phenoxy) is 1.